The lowest BCUT2D eigenvalue weighted by molar-refractivity contribution is 0.0939. The first-order chi connectivity index (χ1) is 6.63. The number of amides is 1. The fourth-order valence-electron chi connectivity index (χ4n) is 1.04. The average Bonchev–Trinajstić information content (AvgIpc) is 2.17. The van der Waals surface area contributed by atoms with Gasteiger partial charge in [-0.05, 0) is 31.5 Å². The number of nitrogens with one attached hydrogen (secondary N) is 1. The fraction of sp³-hybridized carbons (Fsp3) is 0.364. The summed E-state index contributed by atoms with van der Waals surface area (Å²) in [6.07, 6.45) is 0.923. The van der Waals surface area contributed by atoms with Gasteiger partial charge >= 0.3 is 0 Å². The highest BCUT2D eigenvalue weighted by atomic mass is 35.5. The minimum absolute atomic E-state index is 0.0677. The van der Waals surface area contributed by atoms with E-state index in [1.807, 2.05) is 13.8 Å². The predicted molar refractivity (Wildman–Crippen MR) is 58.7 cm³/mol. The third-order valence-corrected chi connectivity index (χ3v) is 2.31. The standard InChI is InChI=1S/C11H14ClNO/c1-3-8(2)13-11(14)9-5-4-6-10(12)7-9/h4-8H,3H2,1-2H3,(H,13,14)/t8-/m1/s1. The molecule has 0 aromatic heterocycles. The van der Waals surface area contributed by atoms with Gasteiger partial charge in [-0.1, -0.05) is 24.6 Å². The monoisotopic (exact) mass is 211 g/mol. The molecular formula is C11H14ClNO. The molecule has 1 amide bonds. The van der Waals surface area contributed by atoms with Crippen LogP contribution in [-0.2, 0) is 0 Å². The predicted octanol–water partition coefficient (Wildman–Crippen LogP) is 2.87. The lowest BCUT2D eigenvalue weighted by atomic mass is 10.2. The quantitative estimate of drug-likeness (QED) is 0.819. The van der Waals surface area contributed by atoms with E-state index in [-0.39, 0.29) is 11.9 Å². The van der Waals surface area contributed by atoms with Crippen molar-refractivity contribution in [1.29, 1.82) is 0 Å². The molecule has 0 radical (unpaired) electrons. The maximum Gasteiger partial charge on any atom is 0.251 e. The van der Waals surface area contributed by atoms with Crippen LogP contribution >= 0.6 is 11.6 Å². The molecule has 0 saturated carbocycles. The summed E-state index contributed by atoms with van der Waals surface area (Å²) in [6.45, 7) is 4.01. The minimum atomic E-state index is -0.0677. The molecule has 1 atom stereocenters. The number of carbonyl (C=O) groups excluding carboxylic acids is 1. The van der Waals surface area contributed by atoms with Crippen molar-refractivity contribution in [2.75, 3.05) is 0 Å². The highest BCUT2D eigenvalue weighted by molar-refractivity contribution is 6.30. The number of hydrogen-bond acceptors (Lipinski definition) is 1. The summed E-state index contributed by atoms with van der Waals surface area (Å²) >= 11 is 5.78. The van der Waals surface area contributed by atoms with Gasteiger partial charge in [-0.2, -0.15) is 0 Å². The van der Waals surface area contributed by atoms with Crippen molar-refractivity contribution in [2.24, 2.45) is 0 Å². The molecule has 0 aliphatic rings. The van der Waals surface area contributed by atoms with Crippen LogP contribution in [0, 0.1) is 0 Å². The molecule has 3 heteroatoms. The molecule has 1 rings (SSSR count). The smallest absolute Gasteiger partial charge is 0.251 e. The Labute approximate surface area is 89.3 Å². The molecule has 0 spiro atoms. The Morgan fingerprint density at radius 3 is 2.86 bits per heavy atom. The summed E-state index contributed by atoms with van der Waals surface area (Å²) in [4.78, 5) is 11.6. The van der Waals surface area contributed by atoms with Crippen molar-refractivity contribution >= 4 is 17.5 Å². The first-order valence-electron chi connectivity index (χ1n) is 4.70. The van der Waals surface area contributed by atoms with Crippen molar-refractivity contribution in [3.8, 4) is 0 Å². The Morgan fingerprint density at radius 2 is 2.29 bits per heavy atom. The second-order valence-corrected chi connectivity index (χ2v) is 3.73. The van der Waals surface area contributed by atoms with Gasteiger partial charge < -0.3 is 5.32 Å². The zero-order chi connectivity index (χ0) is 10.6. The maximum atomic E-state index is 11.6. The van der Waals surface area contributed by atoms with E-state index in [1.165, 1.54) is 0 Å². The Bertz CT molecular complexity index is 325. The molecule has 14 heavy (non-hydrogen) atoms. The lowest BCUT2D eigenvalue weighted by Crippen LogP contribution is -2.31. The largest absolute Gasteiger partial charge is 0.350 e. The van der Waals surface area contributed by atoms with Crippen molar-refractivity contribution in [3.63, 3.8) is 0 Å². The second kappa shape index (κ2) is 5.01. The topological polar surface area (TPSA) is 29.1 Å². The van der Waals surface area contributed by atoms with Gasteiger partial charge in [-0.3, -0.25) is 4.79 Å². The summed E-state index contributed by atoms with van der Waals surface area (Å²) < 4.78 is 0. The van der Waals surface area contributed by atoms with Gasteiger partial charge in [0.2, 0.25) is 0 Å². The van der Waals surface area contributed by atoms with Gasteiger partial charge in [0.25, 0.3) is 5.91 Å². The maximum absolute atomic E-state index is 11.6. The third kappa shape index (κ3) is 3.04. The van der Waals surface area contributed by atoms with Crippen LogP contribution in [0.1, 0.15) is 30.6 Å². The normalized spacial score (nSPS) is 12.2. The number of halogens is 1. The number of benzene rings is 1. The first-order valence-corrected chi connectivity index (χ1v) is 5.07. The average molecular weight is 212 g/mol. The molecular weight excluding hydrogens is 198 g/mol. The lowest BCUT2D eigenvalue weighted by Gasteiger charge is -2.11. The van der Waals surface area contributed by atoms with Crippen molar-refractivity contribution in [2.45, 2.75) is 26.3 Å². The van der Waals surface area contributed by atoms with Crippen LogP contribution in [0.3, 0.4) is 0 Å². The van der Waals surface area contributed by atoms with Gasteiger partial charge in [0.1, 0.15) is 0 Å². The summed E-state index contributed by atoms with van der Waals surface area (Å²) in [5.41, 5.74) is 0.609. The van der Waals surface area contributed by atoms with E-state index in [9.17, 15) is 4.79 Å². The molecule has 0 aliphatic heterocycles. The summed E-state index contributed by atoms with van der Waals surface area (Å²) in [5.74, 6) is -0.0677. The van der Waals surface area contributed by atoms with E-state index in [0.717, 1.165) is 6.42 Å². The highest BCUT2D eigenvalue weighted by Crippen LogP contribution is 2.10. The Balaban J connectivity index is 2.70. The fourth-order valence-corrected chi connectivity index (χ4v) is 1.23. The van der Waals surface area contributed by atoms with E-state index in [0.29, 0.717) is 10.6 Å². The molecule has 0 bridgehead atoms. The van der Waals surface area contributed by atoms with Crippen LogP contribution in [0.25, 0.3) is 0 Å². The zero-order valence-electron chi connectivity index (χ0n) is 8.38. The van der Waals surface area contributed by atoms with Crippen LogP contribution in [-0.4, -0.2) is 11.9 Å². The number of hydrogen-bond donors (Lipinski definition) is 1. The first kappa shape index (κ1) is 11.1. The summed E-state index contributed by atoms with van der Waals surface area (Å²) in [6, 6.07) is 7.14. The van der Waals surface area contributed by atoms with E-state index in [4.69, 9.17) is 11.6 Å². The molecule has 0 aliphatic carbocycles. The molecule has 2 nitrogen and oxygen atoms in total. The van der Waals surface area contributed by atoms with Gasteiger partial charge in [0, 0.05) is 16.6 Å². The van der Waals surface area contributed by atoms with E-state index in [1.54, 1.807) is 24.3 Å². The molecule has 1 aromatic carbocycles. The summed E-state index contributed by atoms with van der Waals surface area (Å²) in [5, 5.41) is 3.46. The van der Waals surface area contributed by atoms with E-state index >= 15 is 0 Å². The number of carbonyl (C=O) groups is 1. The van der Waals surface area contributed by atoms with Crippen LogP contribution < -0.4 is 5.32 Å². The number of rotatable bonds is 3. The zero-order valence-corrected chi connectivity index (χ0v) is 9.14. The Kier molecular flexibility index (Phi) is 3.96. The molecule has 0 unspecified atom stereocenters. The van der Waals surface area contributed by atoms with Gasteiger partial charge in [-0.25, -0.2) is 0 Å². The SMILES string of the molecule is CC[C@@H](C)NC(=O)c1cccc(Cl)c1. The van der Waals surface area contributed by atoms with Crippen molar-refractivity contribution < 1.29 is 4.79 Å². The van der Waals surface area contributed by atoms with E-state index < -0.39 is 0 Å². The second-order valence-electron chi connectivity index (χ2n) is 3.29. The van der Waals surface area contributed by atoms with Crippen LogP contribution in [0.4, 0.5) is 0 Å². The van der Waals surface area contributed by atoms with Gasteiger partial charge in [-0.15, -0.1) is 0 Å². The molecule has 76 valence electrons. The Morgan fingerprint density at radius 1 is 1.57 bits per heavy atom. The van der Waals surface area contributed by atoms with Crippen molar-refractivity contribution in [1.82, 2.24) is 5.32 Å². The molecule has 1 N–H and O–H groups in total. The molecule has 0 fully saturated rings. The molecule has 0 saturated heterocycles. The Hall–Kier alpha value is -1.02. The van der Waals surface area contributed by atoms with Crippen LogP contribution in [0.2, 0.25) is 5.02 Å². The summed E-state index contributed by atoms with van der Waals surface area (Å²) in [7, 11) is 0. The van der Waals surface area contributed by atoms with Gasteiger partial charge in [0.05, 0.1) is 0 Å². The van der Waals surface area contributed by atoms with Crippen molar-refractivity contribution in [3.05, 3.63) is 34.9 Å². The minimum Gasteiger partial charge on any atom is -0.350 e. The van der Waals surface area contributed by atoms with Crippen LogP contribution in [0.5, 0.6) is 0 Å². The van der Waals surface area contributed by atoms with Crippen LogP contribution in [0.15, 0.2) is 24.3 Å². The molecule has 1 aromatic rings. The van der Waals surface area contributed by atoms with E-state index in [2.05, 4.69) is 5.32 Å². The highest BCUT2D eigenvalue weighted by Gasteiger charge is 2.07. The third-order valence-electron chi connectivity index (χ3n) is 2.08. The van der Waals surface area contributed by atoms with Gasteiger partial charge in [0.15, 0.2) is 0 Å². The molecule has 0 heterocycles.